The van der Waals surface area contributed by atoms with Gasteiger partial charge in [0.1, 0.15) is 0 Å². The summed E-state index contributed by atoms with van der Waals surface area (Å²) in [4.78, 5) is 16.0. The molecule has 0 aliphatic rings. The van der Waals surface area contributed by atoms with Gasteiger partial charge in [0, 0.05) is 535 Å². The van der Waals surface area contributed by atoms with Crippen LogP contribution >= 0.6 is 0 Å². The maximum absolute atomic E-state index is 2.00. The van der Waals surface area contributed by atoms with Gasteiger partial charge in [-0.15, -0.1) is 0 Å². The molecule has 0 fully saturated rings. The Balaban J connectivity index is -0.000000000403. The second-order valence-electron chi connectivity index (χ2n) is 10.7. The molecule has 111 heteroatoms. The first kappa shape index (κ1) is 2270. The maximum Gasteiger partial charge on any atom is 0 e. The van der Waals surface area contributed by atoms with Crippen LogP contribution in [0, 0.1) is 0 Å². The van der Waals surface area contributed by atoms with Gasteiger partial charge < -0.3 is 461 Å². The van der Waals surface area contributed by atoms with E-state index in [0.717, 1.165) is 0 Å². The summed E-state index contributed by atoms with van der Waals surface area (Å²) in [6.45, 7) is 0. The van der Waals surface area contributed by atoms with Gasteiger partial charge in [0.15, 0.2) is 0 Å². The maximum atomic E-state index is 2.00. The Morgan fingerprint density at radius 2 is 0.0593 bits per heavy atom. The molecule has 85 nitrogen and oxygen atoms in total. The summed E-state index contributed by atoms with van der Waals surface area (Å²) in [6, 6.07) is 0. The van der Waals surface area contributed by atoms with Crippen molar-refractivity contribution in [1.82, 2.24) is 39.2 Å². The molecule has 0 aromatic rings. The van der Waals surface area contributed by atoms with E-state index < -0.39 is 0 Å². The van der Waals surface area contributed by atoms with Gasteiger partial charge in [-0.25, -0.2) is 0 Å². The smallest absolute Gasteiger partial charge is 0 e. The zero-order chi connectivity index (χ0) is 28.6. The minimum absolute atomic E-state index is 0. The van der Waals surface area contributed by atoms with Crippen LogP contribution in [-0.2, 0) is 513 Å². The fourth-order valence-corrected chi connectivity index (χ4v) is 0. The van der Waals surface area contributed by atoms with E-state index >= 15 is 0 Å². The molecule has 0 aliphatic heterocycles. The van der Waals surface area contributed by atoms with Gasteiger partial charge in [0.05, 0.1) is 0 Å². The fraction of sp³-hybridized carbons (Fsp3) is 1.00. The van der Waals surface area contributed by atoms with Gasteiger partial charge in [-0.1, -0.05) is 0 Å². The second-order valence-corrected chi connectivity index (χ2v) is 10.7. The first-order chi connectivity index (χ1) is 13.9. The molecule has 0 aromatic heterocycles. The Morgan fingerprint density at radius 1 is 0.0593 bits per heavy atom. The molecule has 0 saturated heterocycles. The summed E-state index contributed by atoms with van der Waals surface area (Å²) in [5.41, 5.74) is 0. The SMILES string of the molecule is CN(C)C.CN(C)C.CN(C)C.CN(C)C.CN(C)C.CN(C)C.CN(C)C.CN(C)C.O.O.O.O.O.O.O.O.O.O.O.O.O.O.O.O.O.O.O.O.O.O.O.O.O.O.O.O.O.O.O.O.O.O.O.O.O.O.O.O.O.O.O.O.O.O.O.O.O.O.O.O.O.O.O.O.O.O.O.O.O.O.O.O.O.O.O.O.O.O.O.O.O.O.O.O.O.[Nb].[Nb].[Nb].[Nb].[Nb].[Nb].[Si].[Si].[W].[W].[W].[W].[W].[W].[W].[W].[W].[W].[W].[W].[W].[W].[W].[W].[W].[W]. The second kappa shape index (κ2) is 2220. The number of rotatable bonds is 0. The monoisotopic (exact) mass is 5780 g/mol. The third-order valence-electron chi connectivity index (χ3n) is 0. The summed E-state index contributed by atoms with van der Waals surface area (Å²) in [6.07, 6.45) is 0. The van der Waals surface area contributed by atoms with E-state index in [0.29, 0.717) is 0 Å². The van der Waals surface area contributed by atoms with Crippen molar-refractivity contribution in [2.45, 2.75) is 0 Å². The molecule has 970 valence electrons. The van der Waals surface area contributed by atoms with Gasteiger partial charge in [0.2, 0.25) is 0 Å². The molecule has 0 unspecified atom stereocenters. The van der Waals surface area contributed by atoms with Crippen molar-refractivity contribution in [3.05, 3.63) is 0 Å². The van der Waals surface area contributed by atoms with E-state index in [1.807, 2.05) is 208 Å². The van der Waals surface area contributed by atoms with Crippen molar-refractivity contribution in [1.29, 1.82) is 0 Å². The van der Waals surface area contributed by atoms with Crippen LogP contribution in [0.2, 0.25) is 0 Å². The van der Waals surface area contributed by atoms with E-state index in [2.05, 4.69) is 0 Å². The Morgan fingerprint density at radius 3 is 0.0593 bits per heavy atom. The summed E-state index contributed by atoms with van der Waals surface area (Å²) in [7, 11) is 48.0. The van der Waals surface area contributed by atoms with Crippen LogP contribution < -0.4 is 0 Å². The quantitative estimate of drug-likeness (QED) is 0.209. The molecule has 0 heterocycles. The van der Waals surface area contributed by atoms with Crippen LogP contribution in [0.5, 0.6) is 0 Å². The van der Waals surface area contributed by atoms with E-state index in [-0.39, 0.29) is 957 Å². The van der Waals surface area contributed by atoms with Crippen LogP contribution in [-0.4, -0.2) is 652 Å². The van der Waals surface area contributed by atoms with Crippen LogP contribution in [0.15, 0.2) is 0 Å². The minimum Gasteiger partial charge on any atom is -0.412 e. The molecule has 0 aromatic carbocycles. The molecule has 14 radical (unpaired) electrons. The molecule has 135 heavy (non-hydrogen) atoms. The van der Waals surface area contributed by atoms with Gasteiger partial charge >= 0.3 is 0 Å². The largest absolute Gasteiger partial charge is 0.412 e. The normalized spacial score (nSPS) is 2.13. The first-order valence-corrected chi connectivity index (χ1v) is 10.7. The Hall–Kier alpha value is 13.9. The number of nitrogens with zero attached hydrogens (tertiary/aromatic N) is 8. The topological polar surface area (TPSA) is 2450 Å². The molecule has 0 rings (SSSR count). The van der Waals surface area contributed by atoms with E-state index in [1.54, 1.807) is 0 Å². The third kappa shape index (κ3) is 16400. The minimum atomic E-state index is 0. The first-order valence-electron chi connectivity index (χ1n) is 10.7. The van der Waals surface area contributed by atoms with Crippen LogP contribution in [0.3, 0.4) is 0 Å². The molecule has 0 aliphatic carbocycles. The van der Waals surface area contributed by atoms with E-state index in [9.17, 15) is 0 Å². The predicted octanol–water partition coefficient (Wildman–Crippen LogP) is -62.9. The average Bonchev–Trinajstić information content (AvgIpc) is 2.30. The van der Waals surface area contributed by atoms with Crippen molar-refractivity contribution in [3.8, 4) is 0 Å². The summed E-state index contributed by atoms with van der Waals surface area (Å²) >= 11 is 0. The number of hydrogen-bond donors (Lipinski definition) is 0. The van der Waals surface area contributed by atoms with Gasteiger partial charge in [-0.05, 0) is 169 Å². The molecular weight excluding hydrogens is 5550 g/mol. The van der Waals surface area contributed by atoms with E-state index in [4.69, 9.17) is 0 Å². The molecule has 0 amide bonds. The van der Waals surface area contributed by atoms with Gasteiger partial charge in [-0.2, -0.15) is 0 Å². The fourth-order valence-electron chi connectivity index (χ4n) is 0. The van der Waals surface area contributed by atoms with Gasteiger partial charge in [0.25, 0.3) is 0 Å². The van der Waals surface area contributed by atoms with Crippen LogP contribution in [0.4, 0.5) is 0 Å². The molecule has 0 bridgehead atoms. The zero-order valence-corrected chi connectivity index (χ0v) is 145. The van der Waals surface area contributed by atoms with Gasteiger partial charge in [-0.3, -0.25) is 0 Å². The molecule has 0 spiro atoms. The van der Waals surface area contributed by atoms with Crippen molar-refractivity contribution in [2.75, 3.05) is 169 Å². The van der Waals surface area contributed by atoms with Crippen molar-refractivity contribution in [3.63, 3.8) is 0 Å². The zero-order valence-electron chi connectivity index (χ0n) is 77.1. The summed E-state index contributed by atoms with van der Waals surface area (Å²) in [5.74, 6) is 0. The summed E-state index contributed by atoms with van der Waals surface area (Å²) < 4.78 is 0. The standard InChI is InChI=1S/8C3H9N.6Nb.77H2O.2Si.18W/c8*1-4(2)3;;;;;;;;;;;;;;;;;;;;;;;;;;;;;;;;;;;;;;;;;;;;;;;;;;;;;;;;;;;;;;;;;;;;;;;;;;;;;;;;;;;;;;;;;;;;;;;;;;;;;;;/h8*1-3H3;;;;;;;77*1H2;;;;;;;;;;;;;;;;;;;;. The van der Waals surface area contributed by atoms with E-state index in [1.165, 1.54) is 0 Å². The third-order valence-corrected chi connectivity index (χ3v) is 0. The van der Waals surface area contributed by atoms with Crippen molar-refractivity contribution in [2.24, 2.45) is 0 Å². The van der Waals surface area contributed by atoms with Crippen molar-refractivity contribution >= 4 is 21.9 Å². The predicted molar refractivity (Wildman–Crippen MR) is 447 cm³/mol. The van der Waals surface area contributed by atoms with Crippen molar-refractivity contribution < 1.29 is 935 Å². The Labute approximate surface area is 1150 Å². The molecular formula is C24H226N8Nb6O77Si2W18. The average molecular weight is 5780 g/mol. The molecule has 154 N–H and O–H groups in total. The number of hydrogen-bond acceptors (Lipinski definition) is 8. The van der Waals surface area contributed by atoms with Crippen LogP contribution in [0.1, 0.15) is 0 Å². The Kier molecular flexibility index (Phi) is 37400. The Bertz CT molecular complexity index is 356. The van der Waals surface area contributed by atoms with Crippen LogP contribution in [0.25, 0.3) is 0 Å². The molecule has 0 atom stereocenters. The molecule has 0 saturated carbocycles. The summed E-state index contributed by atoms with van der Waals surface area (Å²) in [5, 5.41) is 0.